The molecule has 0 unspecified atom stereocenters. The molecule has 24 aromatic rings. The first-order valence-electron chi connectivity index (χ1n) is 39.1. The molecule has 0 aliphatic carbocycles. The summed E-state index contributed by atoms with van der Waals surface area (Å²) in [6.45, 7) is 0. The molecule has 8 heteroatoms. The Hall–Kier alpha value is -15.2. The number of anilines is 6. The summed E-state index contributed by atoms with van der Waals surface area (Å²) in [4.78, 5) is 4.66. The van der Waals surface area contributed by atoms with Crippen molar-refractivity contribution in [3.63, 3.8) is 0 Å². The highest BCUT2D eigenvalue weighted by molar-refractivity contribution is 7.25. The van der Waals surface area contributed by atoms with Crippen LogP contribution in [-0.4, -0.2) is 0 Å². The first kappa shape index (κ1) is 66.6. The van der Waals surface area contributed by atoms with E-state index in [1.807, 2.05) is 72.0 Å². The predicted molar refractivity (Wildman–Crippen MR) is 484 cm³/mol. The number of furan rings is 5. The molecule has 24 rings (SSSR count). The van der Waals surface area contributed by atoms with Gasteiger partial charge in [-0.3, -0.25) is 0 Å². The van der Waals surface area contributed by atoms with Gasteiger partial charge < -0.3 is 31.9 Å². The second-order valence-electron chi connectivity index (χ2n) is 29.8. The maximum Gasteiger partial charge on any atom is 0.143 e. The van der Waals surface area contributed by atoms with Crippen LogP contribution in [0.5, 0.6) is 0 Å². The van der Waals surface area contributed by atoms with Crippen LogP contribution >= 0.6 is 11.3 Å². The van der Waals surface area contributed by atoms with E-state index in [9.17, 15) is 0 Å². The number of para-hydroxylation sites is 6. The Balaban J connectivity index is 0.000000137. The topological polar surface area (TPSA) is 72.2 Å². The third-order valence-corrected chi connectivity index (χ3v) is 24.2. The van der Waals surface area contributed by atoms with Crippen LogP contribution < -0.4 is 9.80 Å². The van der Waals surface area contributed by atoms with E-state index in [0.29, 0.717) is 0 Å². The monoisotopic (exact) mass is 1500 g/mol. The second-order valence-corrected chi connectivity index (χ2v) is 30.9. The van der Waals surface area contributed by atoms with Crippen LogP contribution in [0.1, 0.15) is 0 Å². The Morgan fingerprint density at radius 2 is 0.397 bits per heavy atom. The smallest absolute Gasteiger partial charge is 0.143 e. The molecule has 0 amide bonds. The van der Waals surface area contributed by atoms with Gasteiger partial charge in [0.25, 0.3) is 0 Å². The normalized spacial score (nSPS) is 11.8. The Morgan fingerprint density at radius 1 is 0.155 bits per heavy atom. The molecule has 6 heterocycles. The molecule has 0 bridgehead atoms. The van der Waals surface area contributed by atoms with Gasteiger partial charge in [-0.1, -0.05) is 231 Å². The SMILES string of the molecule is c1ccc2c(c1)oc1ccc(-c3ccc(N(c4ccc(-c5ccc6oc7ccccc7c6c5)cc4)c4ccc(-c5ccc6oc7ccccc7c6c5)cc4)cc3)cc12.c1ccc2c(c1)oc1ccc(-c3ccc(N(c4ccc(-c5ccc6sc7ccccc7c6c5)cc4)c4ccc(-c5cccc6c5oc5ccccc56)cc4)cc3)cc12. The lowest BCUT2D eigenvalue weighted by atomic mass is 10.0. The van der Waals surface area contributed by atoms with Gasteiger partial charge in [-0.05, 0) is 231 Å². The van der Waals surface area contributed by atoms with Crippen LogP contribution in [0.15, 0.2) is 422 Å². The van der Waals surface area contributed by atoms with E-state index in [4.69, 9.17) is 22.1 Å². The summed E-state index contributed by atoms with van der Waals surface area (Å²) in [5, 5.41) is 13.9. The number of nitrogens with zero attached hydrogens (tertiary/aromatic N) is 2. The lowest BCUT2D eigenvalue weighted by molar-refractivity contribution is 0.668. The van der Waals surface area contributed by atoms with Gasteiger partial charge in [-0.25, -0.2) is 0 Å². The highest BCUT2D eigenvalue weighted by Crippen LogP contribution is 2.46. The predicted octanol–water partition coefficient (Wildman–Crippen LogP) is 32.2. The molecule has 0 aliphatic rings. The number of rotatable bonds is 12. The summed E-state index contributed by atoms with van der Waals surface area (Å²) >= 11 is 1.85. The largest absolute Gasteiger partial charge is 0.456 e. The Labute approximate surface area is 669 Å². The second kappa shape index (κ2) is 27.3. The third-order valence-electron chi connectivity index (χ3n) is 23.0. The molecule has 544 valence electrons. The summed E-state index contributed by atoms with van der Waals surface area (Å²) in [6.07, 6.45) is 0. The van der Waals surface area contributed by atoms with Crippen molar-refractivity contribution in [1.29, 1.82) is 0 Å². The fourth-order valence-electron chi connectivity index (χ4n) is 17.2. The molecule has 0 saturated heterocycles. The fraction of sp³-hybridized carbons (Fsp3) is 0. The van der Waals surface area contributed by atoms with Crippen LogP contribution in [0.3, 0.4) is 0 Å². The van der Waals surface area contributed by atoms with Gasteiger partial charge in [0, 0.05) is 114 Å². The maximum absolute atomic E-state index is 6.41. The van der Waals surface area contributed by atoms with Gasteiger partial charge in [0.1, 0.15) is 55.8 Å². The zero-order valence-electron chi connectivity index (χ0n) is 62.4. The number of benzene rings is 18. The van der Waals surface area contributed by atoms with Crippen molar-refractivity contribution in [3.05, 3.63) is 400 Å². The lowest BCUT2D eigenvalue weighted by Crippen LogP contribution is -2.09. The molecule has 0 fully saturated rings. The molecule has 0 N–H and O–H groups in total. The Morgan fingerprint density at radius 3 is 0.741 bits per heavy atom. The van der Waals surface area contributed by atoms with E-state index in [1.54, 1.807) is 0 Å². The van der Waals surface area contributed by atoms with E-state index >= 15 is 0 Å². The molecular formula is C108H66N2O5S. The number of hydrogen-bond acceptors (Lipinski definition) is 8. The minimum atomic E-state index is 0.899. The van der Waals surface area contributed by atoms with Crippen LogP contribution in [0.25, 0.3) is 197 Å². The van der Waals surface area contributed by atoms with Crippen molar-refractivity contribution in [3.8, 4) is 66.8 Å². The number of fused-ring (bicyclic) bond motifs is 18. The van der Waals surface area contributed by atoms with Crippen LogP contribution in [0.4, 0.5) is 34.1 Å². The molecule has 0 atom stereocenters. The van der Waals surface area contributed by atoms with Crippen molar-refractivity contribution < 1.29 is 22.1 Å². The van der Waals surface area contributed by atoms with Crippen LogP contribution in [0.2, 0.25) is 0 Å². The van der Waals surface area contributed by atoms with E-state index in [0.717, 1.165) is 199 Å². The zero-order valence-corrected chi connectivity index (χ0v) is 63.3. The van der Waals surface area contributed by atoms with Gasteiger partial charge >= 0.3 is 0 Å². The molecular weight excluding hydrogens is 1440 g/mol. The van der Waals surface area contributed by atoms with Crippen molar-refractivity contribution >= 4 is 175 Å². The van der Waals surface area contributed by atoms with Gasteiger partial charge in [0.2, 0.25) is 0 Å². The lowest BCUT2D eigenvalue weighted by Gasteiger charge is -2.26. The standard InChI is InChI=1S/C54H33NO3.C54H33NO2S/c1-4-10-49-43(7-1)46-31-37(19-28-52(46)56-49)34-13-22-40(23-14-34)55(41-24-15-35(16-25-41)38-20-29-53-47(32-38)44-8-2-5-11-50(44)57-53)42-26-17-36(18-27-42)39-21-30-54-48(33-39)45-9-3-6-12-51(45)58-54;1-5-14-50-43(8-1)46-12-7-11-42(54(46)57-50)36-20-28-41(29-21-36)55(39-24-16-34(17-25-39)37-22-30-51-47(32-37)44-9-2-4-13-49(44)56-51)40-26-18-35(19-27-40)38-23-31-53-48(33-38)45-10-3-6-15-52(45)58-53/h2*1-33H. The van der Waals surface area contributed by atoms with Gasteiger partial charge in [0.15, 0.2) is 0 Å². The van der Waals surface area contributed by atoms with Crippen molar-refractivity contribution in [2.75, 3.05) is 9.80 Å². The van der Waals surface area contributed by atoms with Gasteiger partial charge in [0.05, 0.1) is 0 Å². The molecule has 0 aliphatic heterocycles. The maximum atomic E-state index is 6.41. The minimum absolute atomic E-state index is 0.899. The first-order chi connectivity index (χ1) is 57.4. The van der Waals surface area contributed by atoms with Crippen molar-refractivity contribution in [2.45, 2.75) is 0 Å². The highest BCUT2D eigenvalue weighted by Gasteiger charge is 2.21. The van der Waals surface area contributed by atoms with Crippen LogP contribution in [0, 0.1) is 0 Å². The molecule has 0 spiro atoms. The Bertz CT molecular complexity index is 7390. The van der Waals surface area contributed by atoms with Crippen molar-refractivity contribution in [2.24, 2.45) is 0 Å². The summed E-state index contributed by atoms with van der Waals surface area (Å²) in [5.74, 6) is 0. The zero-order chi connectivity index (χ0) is 76.3. The summed E-state index contributed by atoms with van der Waals surface area (Å²) in [5.41, 5.74) is 29.2. The third kappa shape index (κ3) is 11.6. The number of thiophene rings is 1. The molecule has 7 nitrogen and oxygen atoms in total. The van der Waals surface area contributed by atoms with E-state index in [1.165, 1.54) is 31.3 Å². The van der Waals surface area contributed by atoms with E-state index in [-0.39, 0.29) is 0 Å². The molecule has 6 aromatic heterocycles. The molecule has 18 aromatic carbocycles. The molecule has 0 saturated carbocycles. The summed E-state index contributed by atoms with van der Waals surface area (Å²) in [7, 11) is 0. The number of hydrogen-bond donors (Lipinski definition) is 0. The van der Waals surface area contributed by atoms with Gasteiger partial charge in [-0.15, -0.1) is 11.3 Å². The first-order valence-corrected chi connectivity index (χ1v) is 39.9. The van der Waals surface area contributed by atoms with Crippen LogP contribution in [-0.2, 0) is 0 Å². The summed E-state index contributed by atoms with van der Waals surface area (Å²) in [6, 6.07) is 142. The average Bonchev–Trinajstić information content (AvgIpc) is 1.68. The molecule has 116 heavy (non-hydrogen) atoms. The Kier molecular flexibility index (Phi) is 15.7. The minimum Gasteiger partial charge on any atom is -0.456 e. The van der Waals surface area contributed by atoms with E-state index < -0.39 is 0 Å². The average molecular weight is 1500 g/mol. The molecule has 0 radical (unpaired) electrons. The van der Waals surface area contributed by atoms with Gasteiger partial charge in [-0.2, -0.15) is 0 Å². The quantitative estimate of drug-likeness (QED) is 0.121. The summed E-state index contributed by atoms with van der Waals surface area (Å²) < 4.78 is 33.5. The highest BCUT2D eigenvalue weighted by atomic mass is 32.1. The fourth-order valence-corrected chi connectivity index (χ4v) is 18.3. The van der Waals surface area contributed by atoms with E-state index in [2.05, 4.69) is 350 Å². The van der Waals surface area contributed by atoms with Crippen molar-refractivity contribution in [1.82, 2.24) is 0 Å².